The van der Waals surface area contributed by atoms with Crippen molar-refractivity contribution in [2.24, 2.45) is 22.7 Å². The molecule has 0 aliphatic heterocycles. The Balaban J connectivity index is 0.000000181. The zero-order chi connectivity index (χ0) is 32.9. The first kappa shape index (κ1) is 34.0. The van der Waals surface area contributed by atoms with Crippen LogP contribution in [0.1, 0.15) is 109 Å². The predicted molar refractivity (Wildman–Crippen MR) is 191 cm³/mol. The van der Waals surface area contributed by atoms with Crippen LogP contribution in [0.15, 0.2) is 72.8 Å². The van der Waals surface area contributed by atoms with Gasteiger partial charge in [-0.15, -0.1) is 0 Å². The van der Waals surface area contributed by atoms with Gasteiger partial charge in [-0.05, 0) is 131 Å². The van der Waals surface area contributed by atoms with E-state index < -0.39 is 0 Å². The van der Waals surface area contributed by atoms with Gasteiger partial charge in [-0.3, -0.25) is 4.79 Å². The molecule has 0 unspecified atom stereocenters. The van der Waals surface area contributed by atoms with E-state index in [1.54, 1.807) is 0 Å². The Labute approximate surface area is 276 Å². The zero-order valence-electron chi connectivity index (χ0n) is 28.9. The minimum absolute atomic E-state index is 0.0777. The van der Waals surface area contributed by atoms with Gasteiger partial charge in [-0.2, -0.15) is 0 Å². The lowest BCUT2D eigenvalue weighted by Gasteiger charge is -2.37. The van der Waals surface area contributed by atoms with Gasteiger partial charge in [0.05, 0.1) is 18.8 Å². The number of carbonyl (C=O) groups is 1. The largest absolute Gasteiger partial charge is 0.490 e. The minimum atomic E-state index is 0.0777. The Morgan fingerprint density at radius 1 is 0.630 bits per heavy atom. The fraction of sp³-hybridized carbons (Fsp3) is 0.500. The molecule has 2 saturated carbocycles. The number of hydrogen-bond donors (Lipinski definition) is 1. The molecular weight excluding hydrogens is 568 g/mol. The summed E-state index contributed by atoms with van der Waals surface area (Å²) < 4.78 is 12.4. The normalized spacial score (nSPS) is 22.2. The average Bonchev–Trinajstić information content (AvgIpc) is 3.04. The Bertz CT molecular complexity index is 1590. The van der Waals surface area contributed by atoms with Gasteiger partial charge >= 0.3 is 0 Å². The zero-order valence-corrected chi connectivity index (χ0v) is 28.9. The highest BCUT2D eigenvalue weighted by Gasteiger charge is 2.31. The molecule has 1 N–H and O–H groups in total. The van der Waals surface area contributed by atoms with Crippen molar-refractivity contribution < 1.29 is 19.4 Å². The molecular formula is C42H54O4. The van der Waals surface area contributed by atoms with E-state index in [9.17, 15) is 9.90 Å². The quantitative estimate of drug-likeness (QED) is 0.217. The predicted octanol–water partition coefficient (Wildman–Crippen LogP) is 11.0. The van der Waals surface area contributed by atoms with Crippen LogP contribution in [0.25, 0.3) is 21.5 Å². The number of carbonyl (C=O) groups excluding carboxylic acids is 1. The lowest BCUT2D eigenvalue weighted by Crippen LogP contribution is -2.30. The van der Waals surface area contributed by atoms with Crippen LogP contribution in [0.5, 0.6) is 11.5 Å². The van der Waals surface area contributed by atoms with Gasteiger partial charge < -0.3 is 14.6 Å². The summed E-state index contributed by atoms with van der Waals surface area (Å²) in [5.41, 5.74) is 2.52. The third-order valence-corrected chi connectivity index (χ3v) is 10.5. The number of aliphatic hydroxyl groups excluding tert-OH is 1. The van der Waals surface area contributed by atoms with Crippen molar-refractivity contribution >= 4 is 27.8 Å². The average molecular weight is 623 g/mol. The molecule has 6 rings (SSSR count). The monoisotopic (exact) mass is 622 g/mol. The lowest BCUT2D eigenvalue weighted by molar-refractivity contribution is 0.0881. The van der Waals surface area contributed by atoms with Crippen molar-refractivity contribution in [3.8, 4) is 11.5 Å². The van der Waals surface area contributed by atoms with E-state index in [1.165, 1.54) is 25.7 Å². The van der Waals surface area contributed by atoms with Crippen LogP contribution in [0, 0.1) is 22.7 Å². The van der Waals surface area contributed by atoms with Gasteiger partial charge in [0, 0.05) is 5.56 Å². The van der Waals surface area contributed by atoms with Crippen LogP contribution in [0.3, 0.4) is 0 Å². The second-order valence-electron chi connectivity index (χ2n) is 15.7. The number of aliphatic hydroxyl groups is 1. The van der Waals surface area contributed by atoms with E-state index in [1.807, 2.05) is 48.5 Å². The first-order valence-electron chi connectivity index (χ1n) is 17.4. The fourth-order valence-electron chi connectivity index (χ4n) is 7.48. The summed E-state index contributed by atoms with van der Waals surface area (Å²) in [4.78, 5) is 11.1. The number of hydrogen-bond acceptors (Lipinski definition) is 4. The van der Waals surface area contributed by atoms with Gasteiger partial charge in [-0.25, -0.2) is 0 Å². The summed E-state index contributed by atoms with van der Waals surface area (Å²) >= 11 is 0. The Kier molecular flexibility index (Phi) is 10.8. The standard InChI is InChI=1S/C21H28O2.C21H26O2/c2*1-21(2,3)17-7-9-18(10-8-17)23-19-11-12-20-15(13-19)5-4-6-16(20)14-22/h4-6,11-13,17-18,22H,7-10,14H2,1-3H3;4-6,11-14,17-18H,7-10H2,1-3H3. The van der Waals surface area contributed by atoms with Crippen molar-refractivity contribution in [2.45, 2.75) is 112 Å². The highest BCUT2D eigenvalue weighted by Crippen LogP contribution is 2.40. The maximum atomic E-state index is 11.1. The molecule has 0 amide bonds. The van der Waals surface area contributed by atoms with E-state index in [4.69, 9.17) is 9.47 Å². The molecule has 2 aliphatic carbocycles. The Morgan fingerprint density at radius 3 is 1.54 bits per heavy atom. The van der Waals surface area contributed by atoms with Crippen molar-refractivity contribution in [2.75, 3.05) is 0 Å². The summed E-state index contributed by atoms with van der Waals surface area (Å²) in [5, 5.41) is 13.7. The number of benzene rings is 4. The van der Waals surface area contributed by atoms with Crippen molar-refractivity contribution in [3.63, 3.8) is 0 Å². The summed E-state index contributed by atoms with van der Waals surface area (Å²) in [5.74, 6) is 3.48. The first-order chi connectivity index (χ1) is 21.9. The van der Waals surface area contributed by atoms with E-state index in [0.717, 1.165) is 88.0 Å². The second kappa shape index (κ2) is 14.6. The molecule has 0 bridgehead atoms. The minimum Gasteiger partial charge on any atom is -0.490 e. The molecule has 0 radical (unpaired) electrons. The van der Waals surface area contributed by atoms with Gasteiger partial charge in [0.2, 0.25) is 0 Å². The van der Waals surface area contributed by atoms with E-state index in [2.05, 4.69) is 65.8 Å². The molecule has 46 heavy (non-hydrogen) atoms. The molecule has 0 spiro atoms. The molecule has 0 heterocycles. The highest BCUT2D eigenvalue weighted by molar-refractivity contribution is 5.98. The fourth-order valence-corrected chi connectivity index (χ4v) is 7.48. The Morgan fingerprint density at radius 2 is 1.09 bits per heavy atom. The molecule has 4 heteroatoms. The van der Waals surface area contributed by atoms with Crippen molar-refractivity contribution in [3.05, 3.63) is 83.9 Å². The van der Waals surface area contributed by atoms with Crippen LogP contribution < -0.4 is 9.47 Å². The van der Waals surface area contributed by atoms with Crippen LogP contribution >= 0.6 is 0 Å². The second-order valence-corrected chi connectivity index (χ2v) is 15.7. The van der Waals surface area contributed by atoms with Crippen LogP contribution in [0.4, 0.5) is 0 Å². The summed E-state index contributed by atoms with van der Waals surface area (Å²) in [6, 6.07) is 24.1. The molecule has 246 valence electrons. The van der Waals surface area contributed by atoms with Gasteiger partial charge in [0.1, 0.15) is 11.5 Å². The smallest absolute Gasteiger partial charge is 0.150 e. The van der Waals surface area contributed by atoms with Gasteiger partial charge in [0.15, 0.2) is 6.29 Å². The SMILES string of the molecule is CC(C)(C)C1CCC(Oc2ccc3c(C=O)cccc3c2)CC1.CC(C)(C)C1CCC(Oc2ccc3c(CO)cccc3c2)CC1. The van der Waals surface area contributed by atoms with Crippen molar-refractivity contribution in [1.29, 1.82) is 0 Å². The molecule has 2 fully saturated rings. The molecule has 2 aliphatic rings. The number of aldehydes is 1. The molecule has 0 aromatic heterocycles. The summed E-state index contributed by atoms with van der Waals surface area (Å²) in [6.45, 7) is 14.1. The number of rotatable bonds is 6. The van der Waals surface area contributed by atoms with Crippen LogP contribution in [-0.2, 0) is 6.61 Å². The van der Waals surface area contributed by atoms with E-state index >= 15 is 0 Å². The summed E-state index contributed by atoms with van der Waals surface area (Å²) in [6.07, 6.45) is 11.2. The van der Waals surface area contributed by atoms with Gasteiger partial charge in [0.25, 0.3) is 0 Å². The van der Waals surface area contributed by atoms with Crippen molar-refractivity contribution in [1.82, 2.24) is 0 Å². The maximum Gasteiger partial charge on any atom is 0.150 e. The van der Waals surface area contributed by atoms with E-state index in [0.29, 0.717) is 23.0 Å². The third kappa shape index (κ3) is 8.50. The van der Waals surface area contributed by atoms with Crippen LogP contribution in [-0.4, -0.2) is 23.6 Å². The summed E-state index contributed by atoms with van der Waals surface area (Å²) in [7, 11) is 0. The van der Waals surface area contributed by atoms with E-state index in [-0.39, 0.29) is 6.61 Å². The highest BCUT2D eigenvalue weighted by atomic mass is 16.5. The molecule has 0 atom stereocenters. The Hall–Kier alpha value is -3.37. The van der Waals surface area contributed by atoms with Crippen LogP contribution in [0.2, 0.25) is 0 Å². The molecule has 4 nitrogen and oxygen atoms in total. The number of fused-ring (bicyclic) bond motifs is 2. The molecule has 4 aromatic carbocycles. The topological polar surface area (TPSA) is 55.8 Å². The molecule has 0 saturated heterocycles. The number of ether oxygens (including phenoxy) is 2. The van der Waals surface area contributed by atoms with Gasteiger partial charge in [-0.1, -0.05) is 84.0 Å². The lowest BCUT2D eigenvalue weighted by atomic mass is 9.72. The first-order valence-corrected chi connectivity index (χ1v) is 17.4. The molecule has 4 aromatic rings. The maximum absolute atomic E-state index is 11.1. The third-order valence-electron chi connectivity index (χ3n) is 10.5.